The molecule has 0 aliphatic carbocycles. The molecule has 2 aliphatic heterocycles. The highest BCUT2D eigenvalue weighted by molar-refractivity contribution is 6.04. The predicted molar refractivity (Wildman–Crippen MR) is 50.1 cm³/mol. The van der Waals surface area contributed by atoms with E-state index in [-0.39, 0.29) is 0 Å². The van der Waals surface area contributed by atoms with Crippen molar-refractivity contribution in [1.82, 2.24) is 15.0 Å². The van der Waals surface area contributed by atoms with Crippen LogP contribution in [-0.2, 0) is 0 Å². The summed E-state index contributed by atoms with van der Waals surface area (Å²) in [5, 5.41) is 3.30. The van der Waals surface area contributed by atoms with Crippen molar-refractivity contribution < 1.29 is 0 Å². The fourth-order valence-electron chi connectivity index (χ4n) is 1.79. The Bertz CT molecular complexity index is 141. The smallest absolute Gasteiger partial charge is 0.182 e. The standard InChI is InChI=1S/C8H16BN3/c9-12-3-1-11(2-4-12)7-8-5-10-6-8/h8,10H,1-7H2. The van der Waals surface area contributed by atoms with Crippen LogP contribution < -0.4 is 5.32 Å². The molecule has 3 nitrogen and oxygen atoms in total. The minimum atomic E-state index is 0.898. The van der Waals surface area contributed by atoms with Gasteiger partial charge in [-0.1, -0.05) is 0 Å². The molecule has 0 aromatic carbocycles. The Morgan fingerprint density at radius 2 is 1.83 bits per heavy atom. The fourth-order valence-corrected chi connectivity index (χ4v) is 1.79. The summed E-state index contributed by atoms with van der Waals surface area (Å²) in [6.07, 6.45) is 0. The Balaban J connectivity index is 1.67. The van der Waals surface area contributed by atoms with E-state index in [1.807, 2.05) is 4.81 Å². The topological polar surface area (TPSA) is 18.5 Å². The van der Waals surface area contributed by atoms with Gasteiger partial charge in [-0.3, -0.25) is 0 Å². The Morgan fingerprint density at radius 3 is 2.33 bits per heavy atom. The second kappa shape index (κ2) is 3.77. The molecule has 1 N–H and O–H groups in total. The number of rotatable bonds is 2. The molecule has 2 heterocycles. The molecule has 0 aromatic rings. The molecule has 0 aromatic heterocycles. The van der Waals surface area contributed by atoms with Crippen molar-refractivity contribution in [3.05, 3.63) is 0 Å². The second-order valence-corrected chi connectivity index (χ2v) is 3.86. The molecule has 4 heteroatoms. The first-order valence-electron chi connectivity index (χ1n) is 4.77. The summed E-state index contributed by atoms with van der Waals surface area (Å²) in [5.74, 6) is 0.898. The molecule has 0 amide bonds. The van der Waals surface area contributed by atoms with Gasteiger partial charge in [0.05, 0.1) is 0 Å². The fraction of sp³-hybridized carbons (Fsp3) is 1.00. The van der Waals surface area contributed by atoms with Crippen LogP contribution >= 0.6 is 0 Å². The van der Waals surface area contributed by atoms with Gasteiger partial charge in [-0.25, -0.2) is 0 Å². The first kappa shape index (κ1) is 8.54. The largest absolute Gasteiger partial charge is 0.351 e. The zero-order valence-corrected chi connectivity index (χ0v) is 7.50. The van der Waals surface area contributed by atoms with Crippen molar-refractivity contribution in [2.24, 2.45) is 5.92 Å². The average Bonchev–Trinajstić information content (AvgIpc) is 2.00. The normalized spacial score (nSPS) is 28.7. The first-order chi connectivity index (χ1) is 5.84. The lowest BCUT2D eigenvalue weighted by atomic mass is 10.0. The number of hydrogen-bond donors (Lipinski definition) is 1. The van der Waals surface area contributed by atoms with Crippen molar-refractivity contribution in [3.8, 4) is 0 Å². The molecular weight excluding hydrogens is 149 g/mol. The van der Waals surface area contributed by atoms with Gasteiger partial charge in [0.15, 0.2) is 7.98 Å². The number of nitrogens with zero attached hydrogens (tertiary/aromatic N) is 2. The summed E-state index contributed by atoms with van der Waals surface area (Å²) >= 11 is 0. The van der Waals surface area contributed by atoms with Gasteiger partial charge in [0.2, 0.25) is 0 Å². The van der Waals surface area contributed by atoms with Crippen molar-refractivity contribution in [3.63, 3.8) is 0 Å². The third kappa shape index (κ3) is 2.00. The third-order valence-electron chi connectivity index (χ3n) is 2.79. The van der Waals surface area contributed by atoms with E-state index in [1.54, 1.807) is 0 Å². The van der Waals surface area contributed by atoms with Gasteiger partial charge in [0, 0.05) is 32.7 Å². The molecule has 66 valence electrons. The Hall–Kier alpha value is -0.0551. The van der Waals surface area contributed by atoms with Gasteiger partial charge < -0.3 is 15.0 Å². The van der Waals surface area contributed by atoms with E-state index in [4.69, 9.17) is 7.98 Å². The summed E-state index contributed by atoms with van der Waals surface area (Å²) in [7, 11) is 5.67. The SMILES string of the molecule is [B]N1CCN(CC2CNC2)CC1. The van der Waals surface area contributed by atoms with Crippen LogP contribution in [0.3, 0.4) is 0 Å². The Morgan fingerprint density at radius 1 is 1.17 bits per heavy atom. The van der Waals surface area contributed by atoms with Crippen molar-refractivity contribution >= 4 is 7.98 Å². The quantitative estimate of drug-likeness (QED) is 0.524. The van der Waals surface area contributed by atoms with E-state index in [0.29, 0.717) is 0 Å². The van der Waals surface area contributed by atoms with Crippen LogP contribution in [0, 0.1) is 5.92 Å². The molecule has 0 unspecified atom stereocenters. The molecule has 0 saturated carbocycles. The van der Waals surface area contributed by atoms with Gasteiger partial charge in [0.1, 0.15) is 0 Å². The molecule has 0 bridgehead atoms. The number of hydrogen-bond acceptors (Lipinski definition) is 3. The molecule has 0 spiro atoms. The van der Waals surface area contributed by atoms with Gasteiger partial charge >= 0.3 is 0 Å². The van der Waals surface area contributed by atoms with Crippen LogP contribution in [0.5, 0.6) is 0 Å². The maximum Gasteiger partial charge on any atom is 0.182 e. The molecule has 12 heavy (non-hydrogen) atoms. The molecule has 2 rings (SSSR count). The summed E-state index contributed by atoms with van der Waals surface area (Å²) in [6.45, 7) is 8.03. The van der Waals surface area contributed by atoms with Gasteiger partial charge in [-0.15, -0.1) is 0 Å². The van der Waals surface area contributed by atoms with E-state index in [9.17, 15) is 0 Å². The highest BCUT2D eigenvalue weighted by Gasteiger charge is 2.21. The lowest BCUT2D eigenvalue weighted by Gasteiger charge is -2.37. The molecule has 2 radical (unpaired) electrons. The van der Waals surface area contributed by atoms with Gasteiger partial charge in [-0.05, 0) is 19.0 Å². The summed E-state index contributed by atoms with van der Waals surface area (Å²) < 4.78 is 0. The highest BCUT2D eigenvalue weighted by Crippen LogP contribution is 2.07. The van der Waals surface area contributed by atoms with Crippen LogP contribution in [0.15, 0.2) is 0 Å². The van der Waals surface area contributed by atoms with Crippen LogP contribution in [0.4, 0.5) is 0 Å². The first-order valence-corrected chi connectivity index (χ1v) is 4.77. The van der Waals surface area contributed by atoms with Crippen molar-refractivity contribution in [1.29, 1.82) is 0 Å². The van der Waals surface area contributed by atoms with E-state index in [0.717, 1.165) is 32.1 Å². The predicted octanol–water partition coefficient (Wildman–Crippen LogP) is -1.09. The lowest BCUT2D eigenvalue weighted by molar-refractivity contribution is 0.146. The van der Waals surface area contributed by atoms with Gasteiger partial charge in [0.25, 0.3) is 0 Å². The Kier molecular flexibility index (Phi) is 2.68. The van der Waals surface area contributed by atoms with E-state index < -0.39 is 0 Å². The zero-order valence-electron chi connectivity index (χ0n) is 7.50. The average molecular weight is 165 g/mol. The number of nitrogens with one attached hydrogen (secondary N) is 1. The van der Waals surface area contributed by atoms with E-state index in [2.05, 4.69) is 10.2 Å². The lowest BCUT2D eigenvalue weighted by Crippen LogP contribution is -2.52. The second-order valence-electron chi connectivity index (χ2n) is 3.86. The van der Waals surface area contributed by atoms with E-state index in [1.165, 1.54) is 19.6 Å². The zero-order chi connectivity index (χ0) is 8.39. The van der Waals surface area contributed by atoms with Crippen molar-refractivity contribution in [2.45, 2.75) is 0 Å². The molecular formula is C8H16BN3. The summed E-state index contributed by atoms with van der Waals surface area (Å²) in [5.41, 5.74) is 0. The third-order valence-corrected chi connectivity index (χ3v) is 2.79. The maximum absolute atomic E-state index is 5.67. The minimum Gasteiger partial charge on any atom is -0.351 e. The molecule has 2 saturated heterocycles. The summed E-state index contributed by atoms with van der Waals surface area (Å²) in [6, 6.07) is 0. The Labute approximate surface area is 75.5 Å². The minimum absolute atomic E-state index is 0.898. The van der Waals surface area contributed by atoms with E-state index >= 15 is 0 Å². The summed E-state index contributed by atoms with van der Waals surface area (Å²) in [4.78, 5) is 4.43. The molecule has 0 atom stereocenters. The highest BCUT2D eigenvalue weighted by atomic mass is 15.2. The monoisotopic (exact) mass is 165 g/mol. The van der Waals surface area contributed by atoms with Crippen LogP contribution in [-0.4, -0.2) is 63.5 Å². The van der Waals surface area contributed by atoms with Gasteiger partial charge in [-0.2, -0.15) is 0 Å². The van der Waals surface area contributed by atoms with Crippen LogP contribution in [0.25, 0.3) is 0 Å². The molecule has 2 fully saturated rings. The van der Waals surface area contributed by atoms with Crippen molar-refractivity contribution in [2.75, 3.05) is 45.8 Å². The van der Waals surface area contributed by atoms with Crippen LogP contribution in [0.2, 0.25) is 0 Å². The van der Waals surface area contributed by atoms with Crippen LogP contribution in [0.1, 0.15) is 0 Å². The maximum atomic E-state index is 5.67. The molecule has 2 aliphatic rings. The number of piperazine rings is 1.